The Morgan fingerprint density at radius 3 is 2.52 bits per heavy atom. The van der Waals surface area contributed by atoms with E-state index in [2.05, 4.69) is 40.7 Å². The van der Waals surface area contributed by atoms with Gasteiger partial charge in [0, 0.05) is 32.2 Å². The summed E-state index contributed by atoms with van der Waals surface area (Å²) in [5, 5.41) is 15.7. The summed E-state index contributed by atoms with van der Waals surface area (Å²) in [5.41, 5.74) is 2.42. The van der Waals surface area contributed by atoms with Gasteiger partial charge in [-0.25, -0.2) is 4.79 Å². The van der Waals surface area contributed by atoms with Gasteiger partial charge < -0.3 is 15.7 Å². The third-order valence-electron chi connectivity index (χ3n) is 5.72. The van der Waals surface area contributed by atoms with Gasteiger partial charge in [-0.2, -0.15) is 0 Å². The number of aliphatic hydroxyl groups excluding tert-OH is 1. The lowest BCUT2D eigenvalue weighted by molar-refractivity contribution is 0.0791. The van der Waals surface area contributed by atoms with Crippen LogP contribution >= 0.6 is 0 Å². The number of carbonyl (C=O) groups is 1. The molecule has 1 aromatic rings. The van der Waals surface area contributed by atoms with Gasteiger partial charge >= 0.3 is 6.03 Å². The molecule has 1 saturated heterocycles. The van der Waals surface area contributed by atoms with Crippen molar-refractivity contribution in [1.29, 1.82) is 0 Å². The molecule has 138 valence electrons. The Balaban J connectivity index is 1.49. The molecule has 2 fully saturated rings. The van der Waals surface area contributed by atoms with Crippen LogP contribution in [0.4, 0.5) is 4.79 Å². The molecule has 1 aliphatic heterocycles. The Bertz CT molecular complexity index is 566. The second-order valence-electron chi connectivity index (χ2n) is 7.58. The van der Waals surface area contributed by atoms with Crippen molar-refractivity contribution in [3.63, 3.8) is 0 Å². The van der Waals surface area contributed by atoms with E-state index in [1.807, 2.05) is 6.07 Å². The van der Waals surface area contributed by atoms with E-state index in [0.29, 0.717) is 12.5 Å². The summed E-state index contributed by atoms with van der Waals surface area (Å²) in [6.07, 6.45) is 5.31. The van der Waals surface area contributed by atoms with Crippen LogP contribution in [0.1, 0.15) is 50.2 Å². The molecule has 0 radical (unpaired) electrons. The summed E-state index contributed by atoms with van der Waals surface area (Å²) in [6.45, 7) is 5.40. The molecule has 1 aromatic carbocycles. The average Bonchev–Trinajstić information content (AvgIpc) is 2.54. The predicted octanol–water partition coefficient (Wildman–Crippen LogP) is 2.63. The van der Waals surface area contributed by atoms with Gasteiger partial charge in [0.1, 0.15) is 0 Å². The second kappa shape index (κ2) is 8.68. The number of amides is 2. The van der Waals surface area contributed by atoms with Crippen LogP contribution in [0, 0.1) is 5.92 Å². The minimum atomic E-state index is -0.144. The van der Waals surface area contributed by atoms with E-state index in [-0.39, 0.29) is 18.2 Å². The Morgan fingerprint density at radius 1 is 1.20 bits per heavy atom. The first-order valence-corrected chi connectivity index (χ1v) is 9.63. The molecule has 1 unspecified atom stereocenters. The molecule has 0 aromatic heterocycles. The Labute approximate surface area is 150 Å². The van der Waals surface area contributed by atoms with Crippen molar-refractivity contribution in [1.82, 2.24) is 15.5 Å². The first-order chi connectivity index (χ1) is 12.1. The number of piperidine rings is 1. The van der Waals surface area contributed by atoms with Gasteiger partial charge in [0.15, 0.2) is 0 Å². The summed E-state index contributed by atoms with van der Waals surface area (Å²) in [5.74, 6) is 0.646. The molecular formula is C20H31N3O2. The molecule has 0 spiro atoms. The van der Waals surface area contributed by atoms with Crippen LogP contribution < -0.4 is 10.6 Å². The van der Waals surface area contributed by atoms with E-state index in [9.17, 15) is 9.90 Å². The molecule has 2 amide bonds. The minimum Gasteiger partial charge on any atom is -0.393 e. The van der Waals surface area contributed by atoms with Crippen molar-refractivity contribution < 1.29 is 9.90 Å². The fourth-order valence-electron chi connectivity index (χ4n) is 3.69. The third kappa shape index (κ3) is 5.19. The molecule has 3 N–H and O–H groups in total. The zero-order valence-electron chi connectivity index (χ0n) is 15.2. The number of nitrogens with zero attached hydrogens (tertiary/aromatic N) is 1. The van der Waals surface area contributed by atoms with E-state index >= 15 is 0 Å². The smallest absolute Gasteiger partial charge is 0.315 e. The lowest BCUT2D eigenvalue weighted by Crippen LogP contribution is -2.45. The van der Waals surface area contributed by atoms with E-state index in [1.165, 1.54) is 30.4 Å². The van der Waals surface area contributed by atoms with Gasteiger partial charge in [-0.05, 0) is 49.7 Å². The topological polar surface area (TPSA) is 64.6 Å². The molecule has 0 bridgehead atoms. The molecule has 1 atom stereocenters. The van der Waals surface area contributed by atoms with Crippen LogP contribution in [-0.2, 0) is 13.1 Å². The highest BCUT2D eigenvalue weighted by molar-refractivity contribution is 5.74. The molecule has 5 heteroatoms. The Kier molecular flexibility index (Phi) is 6.32. The predicted molar refractivity (Wildman–Crippen MR) is 99.1 cm³/mol. The molecule has 2 aliphatic rings. The van der Waals surface area contributed by atoms with Crippen molar-refractivity contribution in [3.8, 4) is 0 Å². The lowest BCUT2D eigenvalue weighted by atomic mass is 9.80. The first-order valence-electron chi connectivity index (χ1n) is 9.63. The van der Waals surface area contributed by atoms with E-state index in [1.54, 1.807) is 0 Å². The van der Waals surface area contributed by atoms with Crippen LogP contribution in [0.5, 0.6) is 0 Å². The summed E-state index contributed by atoms with van der Waals surface area (Å²) in [6, 6.07) is 8.48. The number of carbonyl (C=O) groups excluding carboxylic acids is 1. The van der Waals surface area contributed by atoms with Crippen molar-refractivity contribution in [2.75, 3.05) is 13.1 Å². The molecule has 3 rings (SSSR count). The molecule has 1 saturated carbocycles. The number of aliphatic hydroxyl groups is 1. The van der Waals surface area contributed by atoms with Gasteiger partial charge in [-0.1, -0.05) is 30.7 Å². The molecule has 5 nitrogen and oxygen atoms in total. The van der Waals surface area contributed by atoms with Crippen molar-refractivity contribution in [2.24, 2.45) is 5.92 Å². The normalized spacial score (nSPS) is 20.7. The Hall–Kier alpha value is -1.59. The summed E-state index contributed by atoms with van der Waals surface area (Å²) in [7, 11) is 0. The number of benzene rings is 1. The van der Waals surface area contributed by atoms with Crippen molar-refractivity contribution in [3.05, 3.63) is 35.4 Å². The largest absolute Gasteiger partial charge is 0.393 e. The maximum atomic E-state index is 12.1. The van der Waals surface area contributed by atoms with E-state index in [0.717, 1.165) is 32.5 Å². The van der Waals surface area contributed by atoms with Crippen molar-refractivity contribution >= 4 is 6.03 Å². The monoisotopic (exact) mass is 345 g/mol. The number of rotatable bonds is 6. The lowest BCUT2D eigenvalue weighted by Gasteiger charge is -2.32. The van der Waals surface area contributed by atoms with Crippen LogP contribution in [0.2, 0.25) is 0 Å². The minimum absolute atomic E-state index is 0.0738. The fraction of sp³-hybridized carbons (Fsp3) is 0.650. The number of likely N-dealkylation sites (tertiary alicyclic amines) is 1. The molecule has 1 heterocycles. The standard InChI is InChI=1S/C20H31N3O2/c1-15(16-7-4-8-16)22-20(25)21-13-17-5-2-3-6-18(17)14-23-11-9-19(24)10-12-23/h2-3,5-6,15-16,19,24H,4,7-14H2,1H3,(H2,21,22,25). The van der Waals surface area contributed by atoms with Gasteiger partial charge in [-0.15, -0.1) is 0 Å². The second-order valence-corrected chi connectivity index (χ2v) is 7.58. The van der Waals surface area contributed by atoms with Gasteiger partial charge in [0.05, 0.1) is 6.10 Å². The first kappa shape index (κ1) is 18.2. The number of nitrogens with one attached hydrogen (secondary N) is 2. The fourth-order valence-corrected chi connectivity index (χ4v) is 3.69. The molecule has 1 aliphatic carbocycles. The SMILES string of the molecule is CC(NC(=O)NCc1ccccc1CN1CCC(O)CC1)C1CCC1. The maximum Gasteiger partial charge on any atom is 0.315 e. The van der Waals surface area contributed by atoms with Crippen LogP contribution in [0.15, 0.2) is 24.3 Å². The third-order valence-corrected chi connectivity index (χ3v) is 5.72. The Morgan fingerprint density at radius 2 is 1.88 bits per heavy atom. The molecular weight excluding hydrogens is 314 g/mol. The quantitative estimate of drug-likeness (QED) is 0.743. The number of hydrogen-bond donors (Lipinski definition) is 3. The molecule has 25 heavy (non-hydrogen) atoms. The summed E-state index contributed by atoms with van der Waals surface area (Å²) in [4.78, 5) is 14.5. The zero-order valence-corrected chi connectivity index (χ0v) is 15.2. The van der Waals surface area contributed by atoms with Gasteiger partial charge in [0.25, 0.3) is 0 Å². The highest BCUT2D eigenvalue weighted by atomic mass is 16.3. The summed E-state index contributed by atoms with van der Waals surface area (Å²) >= 11 is 0. The van der Waals surface area contributed by atoms with Crippen LogP contribution in [0.25, 0.3) is 0 Å². The van der Waals surface area contributed by atoms with E-state index < -0.39 is 0 Å². The highest BCUT2D eigenvalue weighted by Crippen LogP contribution is 2.29. The van der Waals surface area contributed by atoms with Crippen LogP contribution in [0.3, 0.4) is 0 Å². The maximum absolute atomic E-state index is 12.1. The van der Waals surface area contributed by atoms with Crippen LogP contribution in [-0.4, -0.2) is 41.3 Å². The average molecular weight is 345 g/mol. The van der Waals surface area contributed by atoms with E-state index in [4.69, 9.17) is 0 Å². The summed E-state index contributed by atoms with van der Waals surface area (Å²) < 4.78 is 0. The number of hydrogen-bond acceptors (Lipinski definition) is 3. The highest BCUT2D eigenvalue weighted by Gasteiger charge is 2.25. The van der Waals surface area contributed by atoms with Gasteiger partial charge in [0.2, 0.25) is 0 Å². The van der Waals surface area contributed by atoms with Gasteiger partial charge in [-0.3, -0.25) is 4.90 Å². The zero-order chi connectivity index (χ0) is 17.6. The van der Waals surface area contributed by atoms with Crippen molar-refractivity contribution in [2.45, 2.75) is 64.3 Å². The number of urea groups is 1.